The van der Waals surface area contributed by atoms with Crippen LogP contribution in [0.2, 0.25) is 0 Å². The van der Waals surface area contributed by atoms with Crippen LogP contribution in [0.3, 0.4) is 0 Å². The summed E-state index contributed by atoms with van der Waals surface area (Å²) in [6, 6.07) is 19.0. The Morgan fingerprint density at radius 2 is 1.71 bits per heavy atom. The Kier molecular flexibility index (Phi) is 7.03. The molecule has 34 heavy (non-hydrogen) atoms. The number of methoxy groups -OCH3 is 1. The van der Waals surface area contributed by atoms with Crippen molar-refractivity contribution in [2.75, 3.05) is 7.11 Å². The van der Waals surface area contributed by atoms with Gasteiger partial charge in [-0.2, -0.15) is 0 Å². The fourth-order valence-electron chi connectivity index (χ4n) is 3.64. The zero-order valence-corrected chi connectivity index (χ0v) is 20.8. The normalized spacial score (nSPS) is 14.5. The zero-order valence-electron chi connectivity index (χ0n) is 19.2. The number of hydrogen-bond donors (Lipinski definition) is 1. The van der Waals surface area contributed by atoms with Crippen molar-refractivity contribution in [1.29, 1.82) is 0 Å². The lowest BCUT2D eigenvalue weighted by molar-refractivity contribution is -0.123. The number of hydrogen-bond acceptors (Lipinski definition) is 4. The second-order valence-electron chi connectivity index (χ2n) is 8.17. The van der Waals surface area contributed by atoms with Crippen molar-refractivity contribution in [3.05, 3.63) is 98.7 Å². The summed E-state index contributed by atoms with van der Waals surface area (Å²) in [5.74, 6) is 0.716. The van der Waals surface area contributed by atoms with Gasteiger partial charge in [0.15, 0.2) is 11.5 Å². The molecule has 3 aromatic carbocycles. The van der Waals surface area contributed by atoms with Crippen LogP contribution in [0.25, 0.3) is 6.08 Å². The van der Waals surface area contributed by atoms with Crippen LogP contribution in [-0.2, 0) is 17.9 Å². The molecular weight excluding hydrogens is 496 g/mol. The molecule has 0 spiro atoms. The van der Waals surface area contributed by atoms with Gasteiger partial charge in [0.25, 0.3) is 5.91 Å². The van der Waals surface area contributed by atoms with Gasteiger partial charge in [-0.05, 0) is 48.7 Å². The van der Waals surface area contributed by atoms with Gasteiger partial charge in [0.2, 0.25) is 0 Å². The number of halogens is 1. The van der Waals surface area contributed by atoms with Crippen LogP contribution in [0, 0.1) is 13.8 Å². The lowest BCUT2D eigenvalue weighted by Gasteiger charge is -2.13. The van der Waals surface area contributed by atoms with E-state index in [9.17, 15) is 9.59 Å². The molecule has 7 heteroatoms. The molecule has 1 N–H and O–H groups in total. The number of nitrogens with one attached hydrogen (secondary N) is 1. The van der Waals surface area contributed by atoms with Gasteiger partial charge in [0.05, 0.1) is 13.7 Å². The number of carbonyl (C=O) groups excluding carboxylic acids is 2. The molecular formula is C27H25BrN2O4. The summed E-state index contributed by atoms with van der Waals surface area (Å²) >= 11 is 3.55. The molecule has 1 fully saturated rings. The van der Waals surface area contributed by atoms with Gasteiger partial charge in [0, 0.05) is 4.47 Å². The maximum absolute atomic E-state index is 12.9. The summed E-state index contributed by atoms with van der Waals surface area (Å²) in [5, 5.41) is 2.67. The van der Waals surface area contributed by atoms with E-state index in [0.29, 0.717) is 28.1 Å². The van der Waals surface area contributed by atoms with E-state index in [2.05, 4.69) is 27.3 Å². The summed E-state index contributed by atoms with van der Waals surface area (Å²) < 4.78 is 12.2. The number of carbonyl (C=O) groups is 2. The van der Waals surface area contributed by atoms with E-state index in [0.717, 1.165) is 22.3 Å². The molecule has 0 radical (unpaired) electrons. The first kappa shape index (κ1) is 23.6. The van der Waals surface area contributed by atoms with Crippen molar-refractivity contribution in [2.24, 2.45) is 0 Å². The lowest BCUT2D eigenvalue weighted by atomic mass is 10.1. The maximum Gasteiger partial charge on any atom is 0.329 e. The van der Waals surface area contributed by atoms with Crippen molar-refractivity contribution in [3.8, 4) is 11.5 Å². The molecule has 0 bridgehead atoms. The molecule has 6 nitrogen and oxygen atoms in total. The number of benzene rings is 3. The molecule has 0 atom stereocenters. The molecule has 0 unspecified atom stereocenters. The lowest BCUT2D eigenvalue weighted by Crippen LogP contribution is -2.30. The van der Waals surface area contributed by atoms with Gasteiger partial charge in [-0.3, -0.25) is 9.69 Å². The van der Waals surface area contributed by atoms with Crippen LogP contribution < -0.4 is 14.8 Å². The fourth-order valence-corrected chi connectivity index (χ4v) is 4.08. The Bertz CT molecular complexity index is 1270. The van der Waals surface area contributed by atoms with Crippen molar-refractivity contribution < 1.29 is 19.1 Å². The van der Waals surface area contributed by atoms with Crippen LogP contribution in [0.1, 0.15) is 27.8 Å². The van der Waals surface area contributed by atoms with E-state index in [4.69, 9.17) is 9.47 Å². The number of nitrogens with zero attached hydrogens (tertiary/aromatic N) is 1. The number of rotatable bonds is 7. The Balaban J connectivity index is 1.53. The quantitative estimate of drug-likeness (QED) is 0.318. The highest BCUT2D eigenvalue weighted by molar-refractivity contribution is 9.10. The van der Waals surface area contributed by atoms with Crippen LogP contribution in [0.4, 0.5) is 4.79 Å². The predicted octanol–water partition coefficient (Wildman–Crippen LogP) is 5.75. The highest BCUT2D eigenvalue weighted by atomic mass is 79.9. The van der Waals surface area contributed by atoms with Crippen molar-refractivity contribution in [1.82, 2.24) is 10.2 Å². The number of imide groups is 1. The number of ether oxygens (including phenoxy) is 2. The third kappa shape index (κ3) is 5.31. The van der Waals surface area contributed by atoms with Crippen molar-refractivity contribution in [2.45, 2.75) is 27.0 Å². The van der Waals surface area contributed by atoms with Gasteiger partial charge in [-0.1, -0.05) is 75.6 Å². The second kappa shape index (κ2) is 10.1. The first-order valence-electron chi connectivity index (χ1n) is 10.8. The number of aryl methyl sites for hydroxylation is 2. The average molecular weight is 521 g/mol. The van der Waals surface area contributed by atoms with Gasteiger partial charge in [-0.15, -0.1) is 0 Å². The Labute approximate surface area is 207 Å². The molecule has 1 aliphatic heterocycles. The minimum Gasteiger partial charge on any atom is -0.493 e. The summed E-state index contributed by atoms with van der Waals surface area (Å²) in [4.78, 5) is 26.6. The first-order chi connectivity index (χ1) is 16.3. The Hall–Kier alpha value is -3.58. The van der Waals surface area contributed by atoms with E-state index < -0.39 is 6.03 Å². The molecule has 3 amide bonds. The zero-order chi connectivity index (χ0) is 24.2. The van der Waals surface area contributed by atoms with Crippen LogP contribution >= 0.6 is 15.9 Å². The molecule has 0 aromatic heterocycles. The minimum atomic E-state index is -0.446. The maximum atomic E-state index is 12.9. The topological polar surface area (TPSA) is 67.9 Å². The van der Waals surface area contributed by atoms with Crippen molar-refractivity contribution in [3.63, 3.8) is 0 Å². The number of amides is 3. The van der Waals surface area contributed by atoms with Crippen molar-refractivity contribution >= 4 is 33.9 Å². The monoisotopic (exact) mass is 520 g/mol. The summed E-state index contributed by atoms with van der Waals surface area (Å²) in [6.07, 6.45) is 1.63. The molecule has 1 heterocycles. The summed E-state index contributed by atoms with van der Waals surface area (Å²) in [6.45, 7) is 4.63. The number of urea groups is 1. The third-order valence-electron chi connectivity index (χ3n) is 5.48. The highest BCUT2D eigenvalue weighted by Gasteiger charge is 2.33. The molecule has 0 aliphatic carbocycles. The van der Waals surface area contributed by atoms with E-state index >= 15 is 0 Å². The average Bonchev–Trinajstić information content (AvgIpc) is 3.07. The molecule has 4 rings (SSSR count). The Morgan fingerprint density at radius 3 is 2.41 bits per heavy atom. The first-order valence-corrected chi connectivity index (χ1v) is 11.6. The van der Waals surface area contributed by atoms with E-state index in [1.807, 2.05) is 56.3 Å². The molecule has 174 valence electrons. The van der Waals surface area contributed by atoms with Gasteiger partial charge >= 0.3 is 6.03 Å². The molecule has 1 saturated heterocycles. The summed E-state index contributed by atoms with van der Waals surface area (Å²) in [5.41, 5.74) is 5.10. The van der Waals surface area contributed by atoms with E-state index in [1.165, 1.54) is 4.90 Å². The highest BCUT2D eigenvalue weighted by Crippen LogP contribution is 2.35. The van der Waals surface area contributed by atoms with Gasteiger partial charge in [-0.25, -0.2) is 4.79 Å². The molecule has 1 aliphatic rings. The fraction of sp³-hybridized carbons (Fsp3) is 0.185. The van der Waals surface area contributed by atoms with Crippen LogP contribution in [0.15, 0.2) is 70.8 Å². The molecule has 0 saturated carbocycles. The van der Waals surface area contributed by atoms with Gasteiger partial charge in [0.1, 0.15) is 12.3 Å². The van der Waals surface area contributed by atoms with E-state index in [-0.39, 0.29) is 18.1 Å². The van der Waals surface area contributed by atoms with Crippen LogP contribution in [0.5, 0.6) is 11.5 Å². The molecule has 3 aromatic rings. The Morgan fingerprint density at radius 1 is 0.941 bits per heavy atom. The summed E-state index contributed by atoms with van der Waals surface area (Å²) in [7, 11) is 1.56. The van der Waals surface area contributed by atoms with Crippen LogP contribution in [-0.4, -0.2) is 23.9 Å². The van der Waals surface area contributed by atoms with E-state index in [1.54, 1.807) is 25.3 Å². The second-order valence-corrected chi connectivity index (χ2v) is 9.02. The predicted molar refractivity (Wildman–Crippen MR) is 134 cm³/mol. The standard InChI is InChI=1S/C27H25BrN2O4/c1-17-7-9-19(10-8-17)15-30-26(31)23(29-27(30)32)12-21-13-24(33-3)25(14-22(21)28)34-16-20-6-4-5-18(2)11-20/h4-14H,15-16H2,1-3H3,(H,29,32)/b23-12+. The largest absolute Gasteiger partial charge is 0.493 e. The SMILES string of the molecule is COc1cc(/C=C2/NC(=O)N(Cc3ccc(C)cc3)C2=O)c(Br)cc1OCc1cccc(C)c1. The third-order valence-corrected chi connectivity index (χ3v) is 6.17. The minimum absolute atomic E-state index is 0.202. The smallest absolute Gasteiger partial charge is 0.329 e. The van der Waals surface area contributed by atoms with Gasteiger partial charge < -0.3 is 14.8 Å².